The third-order valence-electron chi connectivity index (χ3n) is 6.84. The number of anilines is 2. The van der Waals surface area contributed by atoms with Gasteiger partial charge < -0.3 is 15.1 Å². The van der Waals surface area contributed by atoms with Crippen molar-refractivity contribution in [3.8, 4) is 12.3 Å². The van der Waals surface area contributed by atoms with Gasteiger partial charge in [0, 0.05) is 22.5 Å². The molecule has 0 aromatic heterocycles. The molecule has 0 aliphatic rings. The van der Waals surface area contributed by atoms with E-state index in [1.54, 1.807) is 62.1 Å². The number of fused-ring (bicyclic) bond motifs is 1. The molecular formula is C29H32N2O6S. The predicted octanol–water partition coefficient (Wildman–Crippen LogP) is 4.66. The average molecular weight is 537 g/mol. The lowest BCUT2D eigenvalue weighted by Gasteiger charge is -2.32. The Bertz CT molecular complexity index is 1530. The summed E-state index contributed by atoms with van der Waals surface area (Å²) in [4.78, 5) is 25.2. The fourth-order valence-electron chi connectivity index (χ4n) is 4.78. The van der Waals surface area contributed by atoms with Gasteiger partial charge in [-0.05, 0) is 69.0 Å². The molecule has 0 spiro atoms. The van der Waals surface area contributed by atoms with Gasteiger partial charge in [-0.15, -0.1) is 6.42 Å². The molecule has 0 aliphatic heterocycles. The second kappa shape index (κ2) is 11.2. The Kier molecular flexibility index (Phi) is 8.38. The van der Waals surface area contributed by atoms with Gasteiger partial charge in [-0.1, -0.05) is 36.3 Å². The number of aliphatic carboxylic acids is 2. The van der Waals surface area contributed by atoms with E-state index < -0.39 is 34.5 Å². The summed E-state index contributed by atoms with van der Waals surface area (Å²) in [6, 6.07) is 11.7. The van der Waals surface area contributed by atoms with Gasteiger partial charge in [-0.3, -0.25) is 13.9 Å². The molecule has 8 nitrogen and oxygen atoms in total. The number of nitrogens with zero attached hydrogens (tertiary/aromatic N) is 2. The SMILES string of the molecule is C#CCN(c1ccc(N(CC(=O)O)S(=O)(=O)c2c(C)c(C)cc(C)c2C)c2ccccc12)[C@@H](C)CC(=O)O. The summed E-state index contributed by atoms with van der Waals surface area (Å²) in [5, 5.41) is 20.2. The largest absolute Gasteiger partial charge is 0.481 e. The van der Waals surface area contributed by atoms with E-state index in [1.165, 1.54) is 0 Å². The predicted molar refractivity (Wildman–Crippen MR) is 149 cm³/mol. The van der Waals surface area contributed by atoms with E-state index in [9.17, 15) is 28.2 Å². The summed E-state index contributed by atoms with van der Waals surface area (Å²) in [7, 11) is -4.29. The van der Waals surface area contributed by atoms with E-state index in [1.807, 2.05) is 19.9 Å². The van der Waals surface area contributed by atoms with Crippen LogP contribution in [0.3, 0.4) is 0 Å². The lowest BCUT2D eigenvalue weighted by Crippen LogP contribution is -2.37. The van der Waals surface area contributed by atoms with E-state index in [2.05, 4.69) is 5.92 Å². The van der Waals surface area contributed by atoms with Gasteiger partial charge in [0.15, 0.2) is 0 Å². The topological polar surface area (TPSA) is 115 Å². The third-order valence-corrected chi connectivity index (χ3v) is 8.88. The van der Waals surface area contributed by atoms with Crippen LogP contribution in [0.5, 0.6) is 0 Å². The first-order valence-corrected chi connectivity index (χ1v) is 13.5. The molecule has 9 heteroatoms. The molecule has 200 valence electrons. The molecule has 0 bridgehead atoms. The molecule has 2 N–H and O–H groups in total. The van der Waals surface area contributed by atoms with Crippen LogP contribution in [-0.2, 0) is 19.6 Å². The zero-order chi connectivity index (χ0) is 28.4. The van der Waals surface area contributed by atoms with Crippen molar-refractivity contribution in [3.63, 3.8) is 0 Å². The van der Waals surface area contributed by atoms with Crippen molar-refractivity contribution in [2.45, 2.75) is 52.0 Å². The maximum Gasteiger partial charge on any atom is 0.324 e. The summed E-state index contributed by atoms with van der Waals surface area (Å²) in [5.41, 5.74) is 3.54. The highest BCUT2D eigenvalue weighted by Gasteiger charge is 2.32. The lowest BCUT2D eigenvalue weighted by atomic mass is 10.0. The van der Waals surface area contributed by atoms with E-state index in [0.717, 1.165) is 15.4 Å². The minimum Gasteiger partial charge on any atom is -0.481 e. The average Bonchev–Trinajstić information content (AvgIpc) is 2.83. The van der Waals surface area contributed by atoms with E-state index >= 15 is 0 Å². The number of hydrogen-bond acceptors (Lipinski definition) is 5. The van der Waals surface area contributed by atoms with E-state index in [0.29, 0.717) is 27.6 Å². The van der Waals surface area contributed by atoms with Crippen molar-refractivity contribution in [1.82, 2.24) is 0 Å². The highest BCUT2D eigenvalue weighted by atomic mass is 32.2. The van der Waals surface area contributed by atoms with Crippen LogP contribution in [0.1, 0.15) is 35.6 Å². The normalized spacial score (nSPS) is 12.1. The number of terminal acetylenes is 1. The van der Waals surface area contributed by atoms with Gasteiger partial charge >= 0.3 is 11.9 Å². The van der Waals surface area contributed by atoms with Crippen molar-refractivity contribution in [2.24, 2.45) is 0 Å². The molecule has 0 saturated carbocycles. The Morgan fingerprint density at radius 1 is 0.921 bits per heavy atom. The van der Waals surface area contributed by atoms with Gasteiger partial charge in [-0.2, -0.15) is 0 Å². The monoisotopic (exact) mass is 536 g/mol. The second-order valence-electron chi connectivity index (χ2n) is 9.42. The molecule has 0 saturated heterocycles. The molecular weight excluding hydrogens is 504 g/mol. The number of aryl methyl sites for hydroxylation is 2. The fraction of sp³-hybridized carbons (Fsp3) is 0.310. The number of hydrogen-bond donors (Lipinski definition) is 2. The Morgan fingerprint density at radius 2 is 1.45 bits per heavy atom. The Hall–Kier alpha value is -4.03. The number of carboxylic acids is 2. The summed E-state index contributed by atoms with van der Waals surface area (Å²) >= 11 is 0. The maximum absolute atomic E-state index is 14.2. The lowest BCUT2D eigenvalue weighted by molar-refractivity contribution is -0.137. The van der Waals surface area contributed by atoms with Crippen LogP contribution in [0.4, 0.5) is 11.4 Å². The molecule has 0 aliphatic carbocycles. The highest BCUT2D eigenvalue weighted by Crippen LogP contribution is 2.39. The van der Waals surface area contributed by atoms with Gasteiger partial charge in [0.1, 0.15) is 6.54 Å². The molecule has 0 amide bonds. The molecule has 1 atom stereocenters. The molecule has 0 fully saturated rings. The number of carbonyl (C=O) groups is 2. The van der Waals surface area contributed by atoms with Crippen LogP contribution in [0.2, 0.25) is 0 Å². The molecule has 0 radical (unpaired) electrons. The Morgan fingerprint density at radius 3 is 1.95 bits per heavy atom. The number of rotatable bonds is 10. The van der Waals surface area contributed by atoms with Gasteiger partial charge in [0.25, 0.3) is 10.0 Å². The molecule has 0 heterocycles. The zero-order valence-electron chi connectivity index (χ0n) is 22.1. The first-order valence-electron chi connectivity index (χ1n) is 12.1. The van der Waals surface area contributed by atoms with Crippen LogP contribution in [0.25, 0.3) is 10.8 Å². The fourth-order valence-corrected chi connectivity index (χ4v) is 6.79. The van der Waals surface area contributed by atoms with Crippen molar-refractivity contribution < 1.29 is 28.2 Å². The minimum absolute atomic E-state index is 0.0912. The van der Waals surface area contributed by atoms with Gasteiger partial charge in [0.2, 0.25) is 0 Å². The highest BCUT2D eigenvalue weighted by molar-refractivity contribution is 7.93. The second-order valence-corrected chi connectivity index (χ2v) is 11.2. The zero-order valence-corrected chi connectivity index (χ0v) is 23.0. The Balaban J connectivity index is 2.32. The van der Waals surface area contributed by atoms with E-state index in [-0.39, 0.29) is 23.5 Å². The summed E-state index contributed by atoms with van der Waals surface area (Å²) < 4.78 is 29.3. The van der Waals surface area contributed by atoms with Crippen LogP contribution < -0.4 is 9.21 Å². The molecule has 3 aromatic rings. The quantitative estimate of drug-likeness (QED) is 0.362. The van der Waals surface area contributed by atoms with Crippen molar-refractivity contribution in [3.05, 3.63) is 64.7 Å². The van der Waals surface area contributed by atoms with Gasteiger partial charge in [0.05, 0.1) is 23.5 Å². The summed E-state index contributed by atoms with van der Waals surface area (Å²) in [5.74, 6) is 0.292. The first-order chi connectivity index (χ1) is 17.8. The van der Waals surface area contributed by atoms with Gasteiger partial charge in [-0.25, -0.2) is 8.42 Å². The third kappa shape index (κ3) is 5.46. The molecule has 3 rings (SSSR count). The van der Waals surface area contributed by atoms with Crippen molar-refractivity contribution >= 4 is 44.1 Å². The smallest absolute Gasteiger partial charge is 0.324 e. The van der Waals surface area contributed by atoms with Crippen LogP contribution in [0.15, 0.2) is 47.4 Å². The Labute approximate surface area is 223 Å². The number of carboxylic acid groups (broad SMARTS) is 2. The summed E-state index contributed by atoms with van der Waals surface area (Å²) in [6.45, 7) is 8.19. The van der Waals surface area contributed by atoms with Crippen molar-refractivity contribution in [2.75, 3.05) is 22.3 Å². The van der Waals surface area contributed by atoms with Crippen LogP contribution >= 0.6 is 0 Å². The molecule has 3 aromatic carbocycles. The minimum atomic E-state index is -4.29. The number of sulfonamides is 1. The standard InChI is InChI=1S/C29H32N2O6S/c1-7-14-30(20(4)16-27(32)33)25-12-13-26(24-11-9-8-10-23(24)25)31(17-28(34)35)38(36,37)29-21(5)18(2)15-19(3)22(29)6/h1,8-13,15,20H,14,16-17H2,2-6H3,(H,32,33)(H,34,35)/t20-/m0/s1. The van der Waals surface area contributed by atoms with E-state index in [4.69, 9.17) is 6.42 Å². The first kappa shape index (κ1) is 28.5. The molecule has 0 unspecified atom stereocenters. The van der Waals surface area contributed by atoms with Crippen molar-refractivity contribution in [1.29, 1.82) is 0 Å². The summed E-state index contributed by atoms with van der Waals surface area (Å²) in [6.07, 6.45) is 5.44. The van der Waals surface area contributed by atoms with Crippen LogP contribution in [-0.4, -0.2) is 49.7 Å². The molecule has 38 heavy (non-hydrogen) atoms. The number of benzene rings is 3. The van der Waals surface area contributed by atoms with Crippen LogP contribution in [0, 0.1) is 40.0 Å². The maximum atomic E-state index is 14.2.